The quantitative estimate of drug-likeness (QED) is 0.504. The molecule has 0 unspecified atom stereocenters. The van der Waals surface area contributed by atoms with Crippen molar-refractivity contribution in [3.63, 3.8) is 0 Å². The number of carbonyl (C=O) groups is 1. The molecule has 0 spiro atoms. The van der Waals surface area contributed by atoms with Gasteiger partial charge in [0.2, 0.25) is 0 Å². The summed E-state index contributed by atoms with van der Waals surface area (Å²) in [5.74, 6) is -0.280. The van der Waals surface area contributed by atoms with Crippen molar-refractivity contribution in [2.45, 2.75) is 18.2 Å². The molecule has 2 aromatic rings. The largest absolute Gasteiger partial charge is 0.375 e. The van der Waals surface area contributed by atoms with E-state index in [1.54, 1.807) is 18.0 Å². The number of nitrogens with one attached hydrogen (secondary N) is 1. The third kappa shape index (κ3) is 4.05. The van der Waals surface area contributed by atoms with Gasteiger partial charge in [-0.1, -0.05) is 30.4 Å². The summed E-state index contributed by atoms with van der Waals surface area (Å²) >= 11 is 2.85. The summed E-state index contributed by atoms with van der Waals surface area (Å²) in [6, 6.07) is 7.91. The molecule has 1 aromatic carbocycles. The van der Waals surface area contributed by atoms with Gasteiger partial charge in [0.25, 0.3) is 5.91 Å². The maximum absolute atomic E-state index is 12.0. The van der Waals surface area contributed by atoms with E-state index in [1.807, 2.05) is 37.4 Å². The molecule has 0 saturated heterocycles. The fourth-order valence-electron chi connectivity index (χ4n) is 1.69. The van der Waals surface area contributed by atoms with E-state index in [9.17, 15) is 4.79 Å². The zero-order chi connectivity index (χ0) is 15.2. The molecule has 0 fully saturated rings. The number of hydrazone groups is 1. The Labute approximate surface area is 131 Å². The molecule has 0 saturated carbocycles. The topological polar surface area (TPSA) is 80.4 Å². The molecule has 7 heteroatoms. The van der Waals surface area contributed by atoms with Gasteiger partial charge in [-0.15, -0.1) is 11.8 Å². The van der Waals surface area contributed by atoms with Crippen LogP contribution in [0.15, 0.2) is 34.3 Å². The number of nitrogens with two attached hydrogens (primary N) is 1. The Morgan fingerprint density at radius 2 is 2.19 bits per heavy atom. The highest BCUT2D eigenvalue weighted by atomic mass is 32.2. The number of carbonyl (C=O) groups excluding carboxylic acids is 1. The summed E-state index contributed by atoms with van der Waals surface area (Å²) in [6.07, 6.45) is 4.30. The standard InChI is InChI=1S/C14H16N4OS2/c1-3-11-12(21-14(15)17-11)13(19)18-16-8-9-4-6-10(20-2)7-5-9/h4-8H,3H2,1-2H3,(H2,15,17)(H,18,19). The van der Waals surface area contributed by atoms with Crippen molar-refractivity contribution in [3.05, 3.63) is 40.4 Å². The maximum Gasteiger partial charge on any atom is 0.283 e. The number of aromatic nitrogens is 1. The number of aryl methyl sites for hydroxylation is 1. The molecule has 2 rings (SSSR count). The van der Waals surface area contributed by atoms with Gasteiger partial charge in [0.05, 0.1) is 11.9 Å². The van der Waals surface area contributed by atoms with E-state index in [0.717, 1.165) is 5.56 Å². The number of thioether (sulfide) groups is 1. The normalized spacial score (nSPS) is 11.0. The number of hydrogen-bond acceptors (Lipinski definition) is 6. The first-order chi connectivity index (χ1) is 10.1. The first-order valence-corrected chi connectivity index (χ1v) is 8.40. The number of anilines is 1. The third-order valence-corrected chi connectivity index (χ3v) is 4.42. The Morgan fingerprint density at radius 3 is 2.81 bits per heavy atom. The van der Waals surface area contributed by atoms with E-state index < -0.39 is 0 Å². The molecule has 0 aliphatic rings. The minimum absolute atomic E-state index is 0.280. The molecule has 0 atom stereocenters. The lowest BCUT2D eigenvalue weighted by Gasteiger charge is -1.99. The Morgan fingerprint density at radius 1 is 1.48 bits per heavy atom. The summed E-state index contributed by atoms with van der Waals surface area (Å²) in [6.45, 7) is 1.93. The molecular weight excluding hydrogens is 304 g/mol. The predicted molar refractivity (Wildman–Crippen MR) is 89.2 cm³/mol. The highest BCUT2D eigenvalue weighted by Gasteiger charge is 2.15. The number of amides is 1. The smallest absolute Gasteiger partial charge is 0.283 e. The van der Waals surface area contributed by atoms with Gasteiger partial charge < -0.3 is 5.73 Å². The summed E-state index contributed by atoms with van der Waals surface area (Å²) in [5.41, 5.74) is 9.76. The SMILES string of the molecule is CCc1nc(N)sc1C(=O)NN=Cc1ccc(SC)cc1. The molecule has 1 aromatic heterocycles. The van der Waals surface area contributed by atoms with Crippen molar-refractivity contribution in [1.29, 1.82) is 0 Å². The van der Waals surface area contributed by atoms with Crippen LogP contribution in [0.2, 0.25) is 0 Å². The second-order valence-electron chi connectivity index (χ2n) is 4.15. The lowest BCUT2D eigenvalue weighted by Crippen LogP contribution is -2.17. The molecule has 3 N–H and O–H groups in total. The van der Waals surface area contributed by atoms with Crippen molar-refractivity contribution in [3.8, 4) is 0 Å². The van der Waals surface area contributed by atoms with E-state index in [4.69, 9.17) is 5.73 Å². The van der Waals surface area contributed by atoms with Crippen molar-refractivity contribution in [2.75, 3.05) is 12.0 Å². The average Bonchev–Trinajstić information content (AvgIpc) is 2.89. The van der Waals surface area contributed by atoms with Gasteiger partial charge in [-0.05, 0) is 30.4 Å². The summed E-state index contributed by atoms with van der Waals surface area (Å²) in [5, 5.41) is 4.36. The molecular formula is C14H16N4OS2. The maximum atomic E-state index is 12.0. The summed E-state index contributed by atoms with van der Waals surface area (Å²) in [7, 11) is 0. The van der Waals surface area contributed by atoms with Crippen LogP contribution in [0.1, 0.15) is 27.9 Å². The number of nitrogen functional groups attached to an aromatic ring is 1. The van der Waals surface area contributed by atoms with Crippen LogP contribution in [-0.2, 0) is 6.42 Å². The van der Waals surface area contributed by atoms with Crippen LogP contribution in [0.4, 0.5) is 5.13 Å². The lowest BCUT2D eigenvalue weighted by molar-refractivity contribution is 0.0958. The number of thiazole rings is 1. The molecule has 0 aliphatic heterocycles. The number of hydrogen-bond donors (Lipinski definition) is 2. The van der Waals surface area contributed by atoms with Crippen LogP contribution < -0.4 is 11.2 Å². The second-order valence-corrected chi connectivity index (χ2v) is 6.06. The first-order valence-electron chi connectivity index (χ1n) is 6.36. The van der Waals surface area contributed by atoms with Crippen LogP contribution in [0, 0.1) is 0 Å². The zero-order valence-corrected chi connectivity index (χ0v) is 13.4. The molecule has 1 amide bonds. The predicted octanol–water partition coefficient (Wildman–Crippen LogP) is 2.77. The van der Waals surface area contributed by atoms with Crippen molar-refractivity contribution in [2.24, 2.45) is 5.10 Å². The minimum Gasteiger partial charge on any atom is -0.375 e. The van der Waals surface area contributed by atoms with E-state index in [1.165, 1.54) is 16.2 Å². The molecule has 0 bridgehead atoms. The van der Waals surface area contributed by atoms with Gasteiger partial charge >= 0.3 is 0 Å². The molecule has 110 valence electrons. The Kier molecular flexibility index (Phi) is 5.35. The fourth-order valence-corrected chi connectivity index (χ4v) is 2.91. The third-order valence-electron chi connectivity index (χ3n) is 2.75. The van der Waals surface area contributed by atoms with Gasteiger partial charge in [-0.2, -0.15) is 5.10 Å². The number of nitrogens with zero attached hydrogens (tertiary/aromatic N) is 2. The Balaban J connectivity index is 2.01. The van der Waals surface area contributed by atoms with Crippen LogP contribution in [-0.4, -0.2) is 23.4 Å². The zero-order valence-electron chi connectivity index (χ0n) is 11.8. The van der Waals surface area contributed by atoms with E-state index in [2.05, 4.69) is 15.5 Å². The van der Waals surface area contributed by atoms with Gasteiger partial charge in [0.15, 0.2) is 5.13 Å². The van der Waals surface area contributed by atoms with Crippen molar-refractivity contribution in [1.82, 2.24) is 10.4 Å². The van der Waals surface area contributed by atoms with Crippen LogP contribution in [0.3, 0.4) is 0 Å². The summed E-state index contributed by atoms with van der Waals surface area (Å²) < 4.78 is 0. The molecule has 21 heavy (non-hydrogen) atoms. The van der Waals surface area contributed by atoms with Crippen LogP contribution in [0.5, 0.6) is 0 Å². The molecule has 0 aliphatic carbocycles. The molecule has 5 nitrogen and oxygen atoms in total. The average molecular weight is 320 g/mol. The van der Waals surface area contributed by atoms with E-state index in [-0.39, 0.29) is 5.91 Å². The highest BCUT2D eigenvalue weighted by molar-refractivity contribution is 7.98. The van der Waals surface area contributed by atoms with Gasteiger partial charge in [-0.25, -0.2) is 10.4 Å². The minimum atomic E-state index is -0.280. The van der Waals surface area contributed by atoms with Crippen LogP contribution in [0.25, 0.3) is 0 Å². The van der Waals surface area contributed by atoms with Crippen molar-refractivity contribution < 1.29 is 4.79 Å². The lowest BCUT2D eigenvalue weighted by atomic mass is 10.2. The number of benzene rings is 1. The van der Waals surface area contributed by atoms with Crippen LogP contribution >= 0.6 is 23.1 Å². The fraction of sp³-hybridized carbons (Fsp3) is 0.214. The second kappa shape index (κ2) is 7.24. The number of rotatable bonds is 5. The summed E-state index contributed by atoms with van der Waals surface area (Å²) in [4.78, 5) is 17.8. The Bertz CT molecular complexity index is 649. The molecule has 0 radical (unpaired) electrons. The molecule has 1 heterocycles. The van der Waals surface area contributed by atoms with E-state index >= 15 is 0 Å². The highest BCUT2D eigenvalue weighted by Crippen LogP contribution is 2.20. The van der Waals surface area contributed by atoms with Crippen molar-refractivity contribution >= 4 is 40.4 Å². The Hall–Kier alpha value is -1.86. The van der Waals surface area contributed by atoms with Gasteiger partial charge in [0.1, 0.15) is 4.88 Å². The van der Waals surface area contributed by atoms with Gasteiger partial charge in [0, 0.05) is 4.90 Å². The monoisotopic (exact) mass is 320 g/mol. The van der Waals surface area contributed by atoms with E-state index in [0.29, 0.717) is 22.1 Å². The first kappa shape index (κ1) is 15.5. The van der Waals surface area contributed by atoms with Gasteiger partial charge in [-0.3, -0.25) is 4.79 Å².